The molecule has 0 bridgehead atoms. The summed E-state index contributed by atoms with van der Waals surface area (Å²) in [5.74, 6) is -0.240. The molecule has 1 unspecified atom stereocenters. The topological polar surface area (TPSA) is 113 Å². The van der Waals surface area contributed by atoms with Crippen LogP contribution in [-0.4, -0.2) is 61.6 Å². The average molecular weight is 563 g/mol. The normalized spacial score (nSPS) is 15.6. The van der Waals surface area contributed by atoms with Gasteiger partial charge in [0.15, 0.2) is 9.84 Å². The van der Waals surface area contributed by atoms with Crippen LogP contribution in [0.15, 0.2) is 83.8 Å². The number of rotatable bonds is 6. The SMILES string of the molecule is CC1COCCN1c1nc(-c2ccc(N(C(=O)O)c3ccccc3)cc2)cc(-c2cc(F)ccc2S(C)(=O)=O)n1. The molecule has 5 rings (SSSR count). The highest BCUT2D eigenvalue weighted by Crippen LogP contribution is 2.33. The van der Waals surface area contributed by atoms with Crippen LogP contribution in [0.25, 0.3) is 22.5 Å². The molecule has 1 saturated heterocycles. The van der Waals surface area contributed by atoms with Crippen molar-refractivity contribution in [2.45, 2.75) is 17.9 Å². The van der Waals surface area contributed by atoms with Gasteiger partial charge in [0.1, 0.15) is 5.82 Å². The Balaban J connectivity index is 1.63. The molecule has 0 spiro atoms. The number of morpholine rings is 1. The van der Waals surface area contributed by atoms with E-state index in [4.69, 9.17) is 9.72 Å². The number of hydrogen-bond acceptors (Lipinski definition) is 7. The van der Waals surface area contributed by atoms with Gasteiger partial charge < -0.3 is 14.7 Å². The Labute approximate surface area is 231 Å². The Morgan fingerprint density at radius 1 is 1.00 bits per heavy atom. The number of anilines is 3. The lowest BCUT2D eigenvalue weighted by Gasteiger charge is -2.33. The van der Waals surface area contributed by atoms with Gasteiger partial charge in [-0.3, -0.25) is 0 Å². The van der Waals surface area contributed by atoms with Gasteiger partial charge in [-0.2, -0.15) is 0 Å². The van der Waals surface area contributed by atoms with E-state index in [2.05, 4.69) is 4.98 Å². The molecule has 1 atom stereocenters. The number of sulfone groups is 1. The molecule has 11 heteroatoms. The molecular formula is C29H27FN4O5S. The van der Waals surface area contributed by atoms with Crippen molar-refractivity contribution in [3.05, 3.63) is 84.7 Å². The number of ether oxygens (including phenoxy) is 1. The first kappa shape index (κ1) is 27.2. The van der Waals surface area contributed by atoms with Gasteiger partial charge in [0.05, 0.1) is 46.9 Å². The summed E-state index contributed by atoms with van der Waals surface area (Å²) >= 11 is 0. The van der Waals surface area contributed by atoms with Crippen molar-refractivity contribution in [3.8, 4) is 22.5 Å². The summed E-state index contributed by atoms with van der Waals surface area (Å²) < 4.78 is 45.0. The van der Waals surface area contributed by atoms with E-state index in [0.29, 0.717) is 48.3 Å². The Morgan fingerprint density at radius 2 is 1.68 bits per heavy atom. The molecule has 0 radical (unpaired) electrons. The van der Waals surface area contributed by atoms with Crippen LogP contribution >= 0.6 is 0 Å². The Bertz CT molecular complexity index is 1650. The van der Waals surface area contributed by atoms with Crippen LogP contribution in [0.3, 0.4) is 0 Å². The second kappa shape index (κ2) is 11.0. The van der Waals surface area contributed by atoms with Crippen molar-refractivity contribution in [2.24, 2.45) is 0 Å². The number of carboxylic acid groups (broad SMARTS) is 1. The van der Waals surface area contributed by atoms with E-state index in [0.717, 1.165) is 18.4 Å². The van der Waals surface area contributed by atoms with Gasteiger partial charge in [-0.15, -0.1) is 0 Å². The van der Waals surface area contributed by atoms with E-state index in [1.165, 1.54) is 11.0 Å². The second-order valence-corrected chi connectivity index (χ2v) is 11.5. The fourth-order valence-electron chi connectivity index (χ4n) is 4.63. The van der Waals surface area contributed by atoms with E-state index in [1.54, 1.807) is 60.7 Å². The molecule has 1 aromatic heterocycles. The van der Waals surface area contributed by atoms with E-state index >= 15 is 0 Å². The number of amides is 1. The highest BCUT2D eigenvalue weighted by molar-refractivity contribution is 7.90. The first-order chi connectivity index (χ1) is 19.1. The molecule has 1 fully saturated rings. The van der Waals surface area contributed by atoms with Crippen LogP contribution in [-0.2, 0) is 14.6 Å². The largest absolute Gasteiger partial charge is 0.464 e. The maximum Gasteiger partial charge on any atom is 0.416 e. The summed E-state index contributed by atoms with van der Waals surface area (Å²) in [4.78, 5) is 24.6. The predicted molar refractivity (Wildman–Crippen MR) is 150 cm³/mol. The zero-order valence-electron chi connectivity index (χ0n) is 21.9. The van der Waals surface area contributed by atoms with Gasteiger partial charge in [0.2, 0.25) is 5.95 Å². The third-order valence-electron chi connectivity index (χ3n) is 6.58. The zero-order valence-corrected chi connectivity index (χ0v) is 22.7. The molecule has 3 aromatic carbocycles. The van der Waals surface area contributed by atoms with Gasteiger partial charge in [0.25, 0.3) is 0 Å². The Hall–Kier alpha value is -4.35. The highest BCUT2D eigenvalue weighted by Gasteiger charge is 2.25. The number of halogens is 1. The first-order valence-corrected chi connectivity index (χ1v) is 14.4. The summed E-state index contributed by atoms with van der Waals surface area (Å²) in [6.45, 7) is 3.44. The maximum atomic E-state index is 14.4. The van der Waals surface area contributed by atoms with Gasteiger partial charge in [-0.1, -0.05) is 30.3 Å². The van der Waals surface area contributed by atoms with Crippen molar-refractivity contribution < 1.29 is 27.4 Å². The third-order valence-corrected chi connectivity index (χ3v) is 7.74. The van der Waals surface area contributed by atoms with Crippen LogP contribution in [0.5, 0.6) is 0 Å². The molecule has 0 aliphatic carbocycles. The monoisotopic (exact) mass is 562 g/mol. The summed E-state index contributed by atoms with van der Waals surface area (Å²) in [6, 6.07) is 20.6. The van der Waals surface area contributed by atoms with Crippen LogP contribution < -0.4 is 9.80 Å². The highest BCUT2D eigenvalue weighted by atomic mass is 32.2. The van der Waals surface area contributed by atoms with Crippen LogP contribution in [0, 0.1) is 5.82 Å². The van der Waals surface area contributed by atoms with Crippen molar-refractivity contribution in [1.29, 1.82) is 0 Å². The molecule has 1 amide bonds. The first-order valence-electron chi connectivity index (χ1n) is 12.5. The molecule has 1 N–H and O–H groups in total. The number of benzene rings is 3. The molecule has 4 aromatic rings. The number of carbonyl (C=O) groups is 1. The minimum absolute atomic E-state index is 0.0453. The molecular weight excluding hydrogens is 535 g/mol. The van der Waals surface area contributed by atoms with Gasteiger partial charge in [-0.25, -0.2) is 32.5 Å². The van der Waals surface area contributed by atoms with Crippen LogP contribution in [0.1, 0.15) is 6.92 Å². The molecule has 40 heavy (non-hydrogen) atoms. The maximum absolute atomic E-state index is 14.4. The van der Waals surface area contributed by atoms with Crippen molar-refractivity contribution in [3.63, 3.8) is 0 Å². The molecule has 1 aliphatic heterocycles. The van der Waals surface area contributed by atoms with Crippen molar-refractivity contribution >= 4 is 33.3 Å². The predicted octanol–water partition coefficient (Wildman–Crippen LogP) is 5.39. The van der Waals surface area contributed by atoms with Gasteiger partial charge in [-0.05, 0) is 55.5 Å². The number of para-hydroxylation sites is 1. The fourth-order valence-corrected chi connectivity index (χ4v) is 5.51. The Morgan fingerprint density at radius 3 is 2.33 bits per heavy atom. The fraction of sp³-hybridized carbons (Fsp3) is 0.207. The summed E-state index contributed by atoms with van der Waals surface area (Å²) in [5, 5.41) is 9.86. The number of hydrogen-bond donors (Lipinski definition) is 1. The van der Waals surface area contributed by atoms with Gasteiger partial charge >= 0.3 is 6.09 Å². The number of aromatic nitrogens is 2. The lowest BCUT2D eigenvalue weighted by Crippen LogP contribution is -2.44. The summed E-state index contributed by atoms with van der Waals surface area (Å²) in [5.41, 5.74) is 2.42. The minimum Gasteiger partial charge on any atom is -0.464 e. The Kier molecular flexibility index (Phi) is 7.51. The second-order valence-electron chi connectivity index (χ2n) is 9.47. The van der Waals surface area contributed by atoms with Crippen LogP contribution in [0.2, 0.25) is 0 Å². The summed E-state index contributed by atoms with van der Waals surface area (Å²) in [7, 11) is -3.70. The lowest BCUT2D eigenvalue weighted by atomic mass is 10.1. The third kappa shape index (κ3) is 5.65. The van der Waals surface area contributed by atoms with Crippen LogP contribution in [0.4, 0.5) is 26.5 Å². The van der Waals surface area contributed by atoms with E-state index in [9.17, 15) is 22.7 Å². The van der Waals surface area contributed by atoms with E-state index < -0.39 is 21.7 Å². The molecule has 1 aliphatic rings. The zero-order chi connectivity index (χ0) is 28.4. The molecule has 2 heterocycles. The van der Waals surface area contributed by atoms with Gasteiger partial charge in [0, 0.05) is 23.9 Å². The standard InChI is InChI=1S/C29H27FN4O5S/c1-19-18-39-15-14-33(19)28-31-25(17-26(32-28)24-16-21(30)10-13-27(24)40(2,37)38)20-8-11-23(12-9-20)34(29(35)36)22-6-4-3-5-7-22/h3-13,16-17,19H,14-15,18H2,1-2H3,(H,35,36). The molecule has 9 nitrogen and oxygen atoms in total. The van der Waals surface area contributed by atoms with Crippen molar-refractivity contribution in [1.82, 2.24) is 9.97 Å². The number of nitrogens with zero attached hydrogens (tertiary/aromatic N) is 4. The van der Waals surface area contributed by atoms with E-state index in [-0.39, 0.29) is 22.2 Å². The average Bonchev–Trinajstić information content (AvgIpc) is 2.93. The lowest BCUT2D eigenvalue weighted by molar-refractivity contribution is 0.0981. The molecule has 0 saturated carbocycles. The minimum atomic E-state index is -3.70. The van der Waals surface area contributed by atoms with E-state index in [1.807, 2.05) is 11.8 Å². The quantitative estimate of drug-likeness (QED) is 0.311. The van der Waals surface area contributed by atoms with Crippen molar-refractivity contribution in [2.75, 3.05) is 35.8 Å². The smallest absolute Gasteiger partial charge is 0.416 e. The summed E-state index contributed by atoms with van der Waals surface area (Å²) in [6.07, 6.45) is -0.0671. The molecule has 206 valence electrons.